The fourth-order valence-corrected chi connectivity index (χ4v) is 4.73. The monoisotopic (exact) mass is 393 g/mol. The van der Waals surface area contributed by atoms with Crippen LogP contribution in [-0.2, 0) is 0 Å². The third kappa shape index (κ3) is 3.92. The van der Waals surface area contributed by atoms with Crippen molar-refractivity contribution in [1.82, 2.24) is 15.1 Å². The van der Waals surface area contributed by atoms with Crippen LogP contribution in [0.4, 0.5) is 0 Å². The lowest BCUT2D eigenvalue weighted by atomic mass is 10.1. The number of hydrogen-bond donors (Lipinski definition) is 1. The number of benzene rings is 2. The van der Waals surface area contributed by atoms with E-state index in [9.17, 15) is 4.79 Å². The lowest BCUT2D eigenvalue weighted by Gasteiger charge is -2.19. The highest BCUT2D eigenvalue weighted by Crippen LogP contribution is 2.34. The number of ether oxygens (including phenoxy) is 1. The number of thioether (sulfide) groups is 1. The molecule has 1 fully saturated rings. The van der Waals surface area contributed by atoms with Gasteiger partial charge in [-0.3, -0.25) is 9.89 Å². The number of para-hydroxylation sites is 1. The second-order valence-electron chi connectivity index (χ2n) is 6.72. The summed E-state index contributed by atoms with van der Waals surface area (Å²) in [7, 11) is 1.63. The first-order valence-corrected chi connectivity index (χ1v) is 10.5. The third-order valence-electron chi connectivity index (χ3n) is 4.99. The minimum atomic E-state index is 0.00274. The summed E-state index contributed by atoms with van der Waals surface area (Å²) in [5.41, 5.74) is 3.44. The SMILES string of the molecule is COc1ccccc1-c1cc(C(=O)N2CCS[C@H](c3ccccc3)CC2)[nH]n1. The van der Waals surface area contributed by atoms with Gasteiger partial charge in [-0.15, -0.1) is 0 Å². The molecule has 144 valence electrons. The molecule has 0 spiro atoms. The van der Waals surface area contributed by atoms with Gasteiger partial charge in [0.25, 0.3) is 5.91 Å². The number of rotatable bonds is 4. The Labute approximate surface area is 169 Å². The average Bonchev–Trinajstić information content (AvgIpc) is 3.11. The van der Waals surface area contributed by atoms with Crippen molar-refractivity contribution in [3.63, 3.8) is 0 Å². The van der Waals surface area contributed by atoms with E-state index in [-0.39, 0.29) is 5.91 Å². The second kappa shape index (κ2) is 8.52. The quantitative estimate of drug-likeness (QED) is 0.713. The van der Waals surface area contributed by atoms with E-state index in [1.165, 1.54) is 5.56 Å². The van der Waals surface area contributed by atoms with Gasteiger partial charge in [0.1, 0.15) is 11.4 Å². The molecule has 28 heavy (non-hydrogen) atoms. The number of methoxy groups -OCH3 is 1. The maximum Gasteiger partial charge on any atom is 0.271 e. The van der Waals surface area contributed by atoms with Crippen molar-refractivity contribution < 1.29 is 9.53 Å². The molecule has 0 radical (unpaired) electrons. The van der Waals surface area contributed by atoms with Crippen molar-refractivity contribution in [2.24, 2.45) is 0 Å². The summed E-state index contributed by atoms with van der Waals surface area (Å²) < 4.78 is 5.40. The van der Waals surface area contributed by atoms with Crippen LogP contribution in [0, 0.1) is 0 Å². The van der Waals surface area contributed by atoms with Gasteiger partial charge in [0.15, 0.2) is 0 Å². The van der Waals surface area contributed by atoms with E-state index >= 15 is 0 Å². The fraction of sp³-hybridized carbons (Fsp3) is 0.273. The van der Waals surface area contributed by atoms with E-state index in [2.05, 4.69) is 34.5 Å². The van der Waals surface area contributed by atoms with Crippen LogP contribution in [0.1, 0.15) is 27.7 Å². The van der Waals surface area contributed by atoms with Crippen molar-refractivity contribution in [2.45, 2.75) is 11.7 Å². The molecule has 0 bridgehead atoms. The summed E-state index contributed by atoms with van der Waals surface area (Å²) in [5, 5.41) is 7.69. The largest absolute Gasteiger partial charge is 0.496 e. The molecular weight excluding hydrogens is 370 g/mol. The maximum absolute atomic E-state index is 13.0. The topological polar surface area (TPSA) is 58.2 Å². The van der Waals surface area contributed by atoms with Crippen LogP contribution in [0.2, 0.25) is 0 Å². The Morgan fingerprint density at radius 1 is 1.14 bits per heavy atom. The molecule has 2 heterocycles. The minimum absolute atomic E-state index is 0.00274. The van der Waals surface area contributed by atoms with Gasteiger partial charge in [-0.1, -0.05) is 42.5 Å². The number of hydrogen-bond acceptors (Lipinski definition) is 4. The number of carbonyl (C=O) groups excluding carboxylic acids is 1. The molecule has 6 heteroatoms. The molecular formula is C22H23N3O2S. The summed E-state index contributed by atoms with van der Waals surface area (Å²) in [5.74, 6) is 1.67. The van der Waals surface area contributed by atoms with E-state index in [1.807, 2.05) is 53.1 Å². The molecule has 1 saturated heterocycles. The number of nitrogens with one attached hydrogen (secondary N) is 1. The average molecular weight is 394 g/mol. The highest BCUT2D eigenvalue weighted by atomic mass is 32.2. The van der Waals surface area contributed by atoms with Crippen LogP contribution >= 0.6 is 11.8 Å². The van der Waals surface area contributed by atoms with E-state index in [4.69, 9.17) is 4.74 Å². The molecule has 1 aliphatic rings. The van der Waals surface area contributed by atoms with Crippen LogP contribution in [0.25, 0.3) is 11.3 Å². The number of aromatic nitrogens is 2. The zero-order valence-electron chi connectivity index (χ0n) is 15.8. The first-order chi connectivity index (χ1) is 13.8. The molecule has 1 N–H and O–H groups in total. The summed E-state index contributed by atoms with van der Waals surface area (Å²) in [6.45, 7) is 1.49. The lowest BCUT2D eigenvalue weighted by molar-refractivity contribution is 0.0760. The van der Waals surface area contributed by atoms with Gasteiger partial charge in [-0.25, -0.2) is 0 Å². The Morgan fingerprint density at radius 3 is 2.75 bits per heavy atom. The Bertz CT molecular complexity index is 942. The van der Waals surface area contributed by atoms with Crippen LogP contribution in [-0.4, -0.2) is 47.0 Å². The van der Waals surface area contributed by atoms with E-state index < -0.39 is 0 Å². The highest BCUT2D eigenvalue weighted by Gasteiger charge is 2.24. The predicted molar refractivity (Wildman–Crippen MR) is 113 cm³/mol. The molecule has 5 nitrogen and oxygen atoms in total. The number of amides is 1. The molecule has 0 aliphatic carbocycles. The van der Waals surface area contributed by atoms with Gasteiger partial charge in [-0.05, 0) is 30.2 Å². The Kier molecular flexibility index (Phi) is 5.67. The van der Waals surface area contributed by atoms with Crippen LogP contribution < -0.4 is 4.74 Å². The molecule has 0 saturated carbocycles. The van der Waals surface area contributed by atoms with E-state index in [1.54, 1.807) is 7.11 Å². The summed E-state index contributed by atoms with van der Waals surface area (Å²) >= 11 is 1.92. The molecule has 0 unspecified atom stereocenters. The second-order valence-corrected chi connectivity index (χ2v) is 8.03. The summed E-state index contributed by atoms with van der Waals surface area (Å²) in [4.78, 5) is 14.9. The molecule has 1 atom stereocenters. The molecule has 1 amide bonds. The van der Waals surface area contributed by atoms with Crippen molar-refractivity contribution in [3.05, 3.63) is 71.9 Å². The smallest absolute Gasteiger partial charge is 0.271 e. The predicted octanol–water partition coefficient (Wildman–Crippen LogP) is 4.41. The van der Waals surface area contributed by atoms with E-state index in [0.717, 1.165) is 36.6 Å². The van der Waals surface area contributed by atoms with Crippen LogP contribution in [0.15, 0.2) is 60.7 Å². The molecule has 4 rings (SSSR count). The number of aromatic amines is 1. The fourth-order valence-electron chi connectivity index (χ4n) is 3.50. The normalized spacial score (nSPS) is 17.2. The Morgan fingerprint density at radius 2 is 1.93 bits per heavy atom. The standard InChI is InChI=1S/C22H23N3O2S/c1-27-20-10-6-5-9-17(20)18-15-19(24-23-18)22(26)25-12-11-21(28-14-13-25)16-7-3-2-4-8-16/h2-10,15,21H,11-14H2,1H3,(H,23,24)/t21-/m0/s1. The zero-order valence-corrected chi connectivity index (χ0v) is 16.6. The molecule has 1 aliphatic heterocycles. The van der Waals surface area contributed by atoms with Gasteiger partial charge in [0.2, 0.25) is 0 Å². The van der Waals surface area contributed by atoms with Gasteiger partial charge >= 0.3 is 0 Å². The molecule has 1 aromatic heterocycles. The van der Waals surface area contributed by atoms with Gasteiger partial charge < -0.3 is 9.64 Å². The van der Waals surface area contributed by atoms with Gasteiger partial charge in [0.05, 0.1) is 12.8 Å². The Hall–Kier alpha value is -2.73. The minimum Gasteiger partial charge on any atom is -0.496 e. The number of H-pyrrole nitrogens is 1. The highest BCUT2D eigenvalue weighted by molar-refractivity contribution is 7.99. The molecule has 3 aromatic rings. The maximum atomic E-state index is 13.0. The van der Waals surface area contributed by atoms with Crippen molar-refractivity contribution in [1.29, 1.82) is 0 Å². The number of carbonyl (C=O) groups is 1. The Balaban J connectivity index is 1.47. The zero-order chi connectivity index (χ0) is 19.3. The third-order valence-corrected chi connectivity index (χ3v) is 6.32. The van der Waals surface area contributed by atoms with Crippen molar-refractivity contribution in [3.8, 4) is 17.0 Å². The van der Waals surface area contributed by atoms with Crippen LogP contribution in [0.3, 0.4) is 0 Å². The van der Waals surface area contributed by atoms with E-state index in [0.29, 0.717) is 16.6 Å². The first-order valence-electron chi connectivity index (χ1n) is 9.41. The first kappa shape index (κ1) is 18.6. The van der Waals surface area contributed by atoms with Gasteiger partial charge in [0, 0.05) is 29.7 Å². The van der Waals surface area contributed by atoms with Crippen molar-refractivity contribution >= 4 is 17.7 Å². The van der Waals surface area contributed by atoms with Gasteiger partial charge in [-0.2, -0.15) is 16.9 Å². The summed E-state index contributed by atoms with van der Waals surface area (Å²) in [6.07, 6.45) is 0.952. The molecule has 2 aromatic carbocycles. The van der Waals surface area contributed by atoms with Crippen LogP contribution in [0.5, 0.6) is 5.75 Å². The number of nitrogens with zero attached hydrogens (tertiary/aromatic N) is 2. The lowest BCUT2D eigenvalue weighted by Crippen LogP contribution is -2.33. The van der Waals surface area contributed by atoms with Crippen molar-refractivity contribution in [2.75, 3.05) is 26.0 Å². The summed E-state index contributed by atoms with van der Waals surface area (Å²) in [6, 6.07) is 20.0.